The Kier molecular flexibility index (Phi) is 4.50. The first-order chi connectivity index (χ1) is 14.5. The van der Waals surface area contributed by atoms with E-state index in [1.54, 1.807) is 0 Å². The van der Waals surface area contributed by atoms with E-state index in [1.807, 2.05) is 42.2 Å². The Labute approximate surface area is 179 Å². The molecule has 1 saturated carbocycles. The summed E-state index contributed by atoms with van der Waals surface area (Å²) in [5.41, 5.74) is 2.08. The van der Waals surface area contributed by atoms with E-state index in [0.717, 1.165) is 48.3 Å². The summed E-state index contributed by atoms with van der Waals surface area (Å²) < 4.78 is 2.18. The SMILES string of the molecule is C=CC(=O)N1CC[C@]2(C1)C[C@H](n1c(NC(=O)c3ccc(C)s3)nc3ccccc31)C2. The molecule has 5 rings (SSSR count). The third-order valence-corrected chi connectivity index (χ3v) is 7.41. The number of hydrogen-bond donors (Lipinski definition) is 1. The molecule has 154 valence electrons. The van der Waals surface area contributed by atoms with Crippen LogP contribution in [0.4, 0.5) is 5.95 Å². The number of amides is 2. The number of hydrogen-bond acceptors (Lipinski definition) is 4. The Bertz CT molecular complexity index is 1160. The van der Waals surface area contributed by atoms with E-state index in [2.05, 4.69) is 22.5 Å². The lowest BCUT2D eigenvalue weighted by Crippen LogP contribution is -2.42. The van der Waals surface area contributed by atoms with Crippen molar-refractivity contribution in [2.45, 2.75) is 32.2 Å². The van der Waals surface area contributed by atoms with Crippen molar-refractivity contribution in [3.05, 3.63) is 58.8 Å². The number of imidazole rings is 1. The van der Waals surface area contributed by atoms with Gasteiger partial charge in [-0.05, 0) is 61.9 Å². The standard InChI is InChI=1S/C23H24N4O2S/c1-3-20(28)26-11-10-23(14-26)12-16(13-23)27-18-7-5-4-6-17(18)24-22(27)25-21(29)19-9-8-15(2)30-19/h3-9,16H,1,10-14H2,2H3,(H,24,25,29)/t16-,23-. The number of aromatic nitrogens is 2. The van der Waals surface area contributed by atoms with Gasteiger partial charge < -0.3 is 9.47 Å². The predicted molar refractivity (Wildman–Crippen MR) is 119 cm³/mol. The second kappa shape index (κ2) is 7.09. The minimum atomic E-state index is -0.123. The number of nitrogens with zero attached hydrogens (tertiary/aromatic N) is 3. The lowest BCUT2D eigenvalue weighted by molar-refractivity contribution is -0.125. The van der Waals surface area contributed by atoms with E-state index in [4.69, 9.17) is 4.98 Å². The number of carbonyl (C=O) groups excluding carboxylic acids is 2. The molecule has 2 fully saturated rings. The van der Waals surface area contributed by atoms with Crippen molar-refractivity contribution < 1.29 is 9.59 Å². The molecule has 1 aliphatic heterocycles. The van der Waals surface area contributed by atoms with Gasteiger partial charge in [0, 0.05) is 24.0 Å². The van der Waals surface area contributed by atoms with Crippen LogP contribution >= 0.6 is 11.3 Å². The highest BCUT2D eigenvalue weighted by Gasteiger charge is 2.50. The Balaban J connectivity index is 1.41. The number of benzene rings is 1. The van der Waals surface area contributed by atoms with Crippen molar-refractivity contribution in [3.8, 4) is 0 Å². The van der Waals surface area contributed by atoms with E-state index in [-0.39, 0.29) is 23.3 Å². The highest BCUT2D eigenvalue weighted by Crippen LogP contribution is 2.55. The molecule has 0 bridgehead atoms. The molecule has 0 radical (unpaired) electrons. The molecule has 1 aliphatic carbocycles. The number of para-hydroxylation sites is 2. The van der Waals surface area contributed by atoms with Crippen LogP contribution in [0.1, 0.15) is 39.9 Å². The number of fused-ring (bicyclic) bond motifs is 1. The summed E-state index contributed by atoms with van der Waals surface area (Å²) in [5.74, 6) is 0.494. The Morgan fingerprint density at radius 1 is 1.27 bits per heavy atom. The van der Waals surface area contributed by atoms with Crippen LogP contribution in [0.2, 0.25) is 0 Å². The van der Waals surface area contributed by atoms with Gasteiger partial charge in [0.25, 0.3) is 5.91 Å². The Morgan fingerprint density at radius 3 is 2.80 bits per heavy atom. The van der Waals surface area contributed by atoms with Crippen molar-refractivity contribution in [2.24, 2.45) is 5.41 Å². The average molecular weight is 421 g/mol. The van der Waals surface area contributed by atoms with Crippen molar-refractivity contribution >= 4 is 40.1 Å². The second-order valence-corrected chi connectivity index (χ2v) is 9.72. The topological polar surface area (TPSA) is 67.2 Å². The number of likely N-dealkylation sites (tertiary alicyclic amines) is 1. The smallest absolute Gasteiger partial charge is 0.268 e. The van der Waals surface area contributed by atoms with E-state index in [0.29, 0.717) is 10.8 Å². The maximum Gasteiger partial charge on any atom is 0.268 e. The molecule has 0 unspecified atom stereocenters. The molecule has 2 aliphatic rings. The number of thiophene rings is 1. The molecule has 1 saturated heterocycles. The third-order valence-electron chi connectivity index (χ3n) is 6.41. The van der Waals surface area contributed by atoms with E-state index in [1.165, 1.54) is 17.4 Å². The van der Waals surface area contributed by atoms with Crippen LogP contribution in [0.5, 0.6) is 0 Å². The molecule has 1 aromatic carbocycles. The summed E-state index contributed by atoms with van der Waals surface area (Å²) in [7, 11) is 0. The van der Waals surface area contributed by atoms with Gasteiger partial charge in [-0.15, -0.1) is 11.3 Å². The molecule has 1 N–H and O–H groups in total. The molecule has 0 atom stereocenters. The van der Waals surface area contributed by atoms with Crippen molar-refractivity contribution in [3.63, 3.8) is 0 Å². The molecular weight excluding hydrogens is 396 g/mol. The van der Waals surface area contributed by atoms with E-state index >= 15 is 0 Å². The summed E-state index contributed by atoms with van der Waals surface area (Å²) in [6.07, 6.45) is 4.38. The molecule has 2 amide bonds. The molecule has 1 spiro atoms. The summed E-state index contributed by atoms with van der Waals surface area (Å²) in [6, 6.07) is 12.1. The van der Waals surface area contributed by atoms with Crippen LogP contribution in [0.25, 0.3) is 11.0 Å². The number of anilines is 1. The summed E-state index contributed by atoms with van der Waals surface area (Å²) in [5, 5.41) is 3.04. The van der Waals surface area contributed by atoms with Crippen LogP contribution in [-0.2, 0) is 4.79 Å². The van der Waals surface area contributed by atoms with E-state index < -0.39 is 0 Å². The van der Waals surface area contributed by atoms with E-state index in [9.17, 15) is 9.59 Å². The number of rotatable bonds is 4. The zero-order valence-corrected chi connectivity index (χ0v) is 17.7. The van der Waals surface area contributed by atoms with Gasteiger partial charge in [0.15, 0.2) is 0 Å². The normalized spacial score (nSPS) is 23.0. The van der Waals surface area contributed by atoms with Crippen LogP contribution in [-0.4, -0.2) is 39.4 Å². The lowest BCUT2D eigenvalue weighted by Gasteiger charge is -2.46. The molecular formula is C23H24N4O2S. The average Bonchev–Trinajstić information content (AvgIpc) is 3.42. The minimum absolute atomic E-state index is 0.0163. The number of aryl methyl sites for hydroxylation is 1. The fourth-order valence-electron chi connectivity index (χ4n) is 4.93. The van der Waals surface area contributed by atoms with Gasteiger partial charge in [-0.2, -0.15) is 0 Å². The fourth-order valence-corrected chi connectivity index (χ4v) is 5.69. The van der Waals surface area contributed by atoms with Gasteiger partial charge >= 0.3 is 0 Å². The van der Waals surface area contributed by atoms with Crippen LogP contribution in [0.15, 0.2) is 49.1 Å². The van der Waals surface area contributed by atoms with Crippen molar-refractivity contribution in [2.75, 3.05) is 18.4 Å². The Morgan fingerprint density at radius 2 is 2.07 bits per heavy atom. The van der Waals surface area contributed by atoms with Gasteiger partial charge in [0.1, 0.15) is 0 Å². The minimum Gasteiger partial charge on any atom is -0.339 e. The zero-order valence-electron chi connectivity index (χ0n) is 16.9. The first kappa shape index (κ1) is 19.1. The van der Waals surface area contributed by atoms with Crippen LogP contribution < -0.4 is 5.32 Å². The second-order valence-electron chi connectivity index (χ2n) is 8.43. The van der Waals surface area contributed by atoms with Crippen molar-refractivity contribution in [1.82, 2.24) is 14.5 Å². The molecule has 3 aromatic rings. The first-order valence-electron chi connectivity index (χ1n) is 10.2. The van der Waals surface area contributed by atoms with Gasteiger partial charge in [0.2, 0.25) is 11.9 Å². The number of nitrogens with one attached hydrogen (secondary N) is 1. The summed E-state index contributed by atoms with van der Waals surface area (Å²) in [4.78, 5) is 33.2. The first-order valence-corrected chi connectivity index (χ1v) is 11.1. The quantitative estimate of drug-likeness (QED) is 0.636. The van der Waals surface area contributed by atoms with Crippen LogP contribution in [0.3, 0.4) is 0 Å². The predicted octanol–water partition coefficient (Wildman–Crippen LogP) is 4.40. The summed E-state index contributed by atoms with van der Waals surface area (Å²) in [6.45, 7) is 7.19. The maximum absolute atomic E-state index is 12.8. The monoisotopic (exact) mass is 420 g/mol. The number of carbonyl (C=O) groups is 2. The van der Waals surface area contributed by atoms with Gasteiger partial charge in [-0.3, -0.25) is 14.9 Å². The zero-order chi connectivity index (χ0) is 20.9. The van der Waals surface area contributed by atoms with Gasteiger partial charge in [-0.1, -0.05) is 18.7 Å². The van der Waals surface area contributed by atoms with Gasteiger partial charge in [-0.25, -0.2) is 4.98 Å². The molecule has 2 aromatic heterocycles. The third kappa shape index (κ3) is 3.13. The summed E-state index contributed by atoms with van der Waals surface area (Å²) >= 11 is 1.48. The highest BCUT2D eigenvalue weighted by molar-refractivity contribution is 7.14. The molecule has 6 nitrogen and oxygen atoms in total. The van der Waals surface area contributed by atoms with Crippen LogP contribution in [0, 0.1) is 12.3 Å². The molecule has 7 heteroatoms. The lowest BCUT2D eigenvalue weighted by atomic mass is 9.65. The van der Waals surface area contributed by atoms with Gasteiger partial charge in [0.05, 0.1) is 15.9 Å². The molecule has 3 heterocycles. The fraction of sp³-hybridized carbons (Fsp3) is 0.348. The molecule has 30 heavy (non-hydrogen) atoms. The Hall–Kier alpha value is -2.93. The largest absolute Gasteiger partial charge is 0.339 e. The highest BCUT2D eigenvalue weighted by atomic mass is 32.1. The maximum atomic E-state index is 12.8. The van der Waals surface area contributed by atoms with Crippen molar-refractivity contribution in [1.29, 1.82) is 0 Å².